The highest BCUT2D eigenvalue weighted by Crippen LogP contribution is 2.25. The third-order valence-electron chi connectivity index (χ3n) is 1.73. The number of rotatable bonds is 1. The molecule has 2 heterocycles. The van der Waals surface area contributed by atoms with Crippen molar-refractivity contribution >= 4 is 21.5 Å². The van der Waals surface area contributed by atoms with Crippen LogP contribution in [0.5, 0.6) is 0 Å². The van der Waals surface area contributed by atoms with Gasteiger partial charge in [0.05, 0.1) is 12.8 Å². The lowest BCUT2D eigenvalue weighted by molar-refractivity contribution is 0.0777. The maximum absolute atomic E-state index is 5.56. The minimum Gasteiger partial charge on any atom is -0.389 e. The van der Waals surface area contributed by atoms with E-state index in [-0.39, 0.29) is 0 Å². The zero-order valence-electron chi connectivity index (χ0n) is 6.69. The summed E-state index contributed by atoms with van der Waals surface area (Å²) in [6, 6.07) is 0. The van der Waals surface area contributed by atoms with Crippen LogP contribution in [0.25, 0.3) is 0 Å². The standard InChI is InChI=1S/C7H11N3OS/c8-6-5-9-7(12-6)10-3-1-2-4-11-10/h5H,1-4,8H2. The average molecular weight is 185 g/mol. The first-order valence-corrected chi connectivity index (χ1v) is 4.79. The first-order chi connectivity index (χ1) is 5.86. The number of nitrogens with two attached hydrogens (primary N) is 1. The average Bonchev–Trinajstić information content (AvgIpc) is 2.54. The zero-order valence-corrected chi connectivity index (χ0v) is 7.51. The lowest BCUT2D eigenvalue weighted by Gasteiger charge is -2.24. The van der Waals surface area contributed by atoms with E-state index in [0.29, 0.717) is 0 Å². The Labute approximate surface area is 74.9 Å². The van der Waals surface area contributed by atoms with Gasteiger partial charge in [-0.25, -0.2) is 10.0 Å². The first kappa shape index (κ1) is 7.82. The summed E-state index contributed by atoms with van der Waals surface area (Å²) in [5.41, 5.74) is 5.56. The van der Waals surface area contributed by atoms with Crippen molar-refractivity contribution in [2.45, 2.75) is 12.8 Å². The fraction of sp³-hybridized carbons (Fsp3) is 0.571. The number of hydroxylamine groups is 1. The van der Waals surface area contributed by atoms with Crippen LogP contribution < -0.4 is 10.8 Å². The van der Waals surface area contributed by atoms with Gasteiger partial charge in [0.1, 0.15) is 5.00 Å². The molecule has 4 nitrogen and oxygen atoms in total. The molecule has 0 radical (unpaired) electrons. The van der Waals surface area contributed by atoms with E-state index in [9.17, 15) is 0 Å². The number of nitrogens with zero attached hydrogens (tertiary/aromatic N) is 2. The van der Waals surface area contributed by atoms with Gasteiger partial charge in [0.2, 0.25) is 5.13 Å². The maximum Gasteiger partial charge on any atom is 0.211 e. The molecule has 0 spiro atoms. The molecule has 1 saturated heterocycles. The van der Waals surface area contributed by atoms with Crippen molar-refractivity contribution < 1.29 is 4.84 Å². The van der Waals surface area contributed by atoms with E-state index in [1.165, 1.54) is 17.8 Å². The van der Waals surface area contributed by atoms with Crippen LogP contribution in [-0.4, -0.2) is 18.1 Å². The molecule has 5 heteroatoms. The summed E-state index contributed by atoms with van der Waals surface area (Å²) in [6.07, 6.45) is 3.97. The minimum atomic E-state index is 0.735. The number of anilines is 2. The Kier molecular flexibility index (Phi) is 2.14. The Hall–Kier alpha value is -0.810. The topological polar surface area (TPSA) is 51.4 Å². The number of aromatic nitrogens is 1. The lowest BCUT2D eigenvalue weighted by atomic mass is 10.3. The van der Waals surface area contributed by atoms with E-state index in [0.717, 1.165) is 29.7 Å². The SMILES string of the molecule is Nc1cnc(N2CCCCO2)s1. The Bertz CT molecular complexity index is 257. The summed E-state index contributed by atoms with van der Waals surface area (Å²) in [6.45, 7) is 1.71. The molecule has 0 atom stereocenters. The summed E-state index contributed by atoms with van der Waals surface area (Å²) in [5.74, 6) is 0. The molecule has 0 saturated carbocycles. The molecule has 0 bridgehead atoms. The number of hydrogen-bond donors (Lipinski definition) is 1. The molecule has 2 rings (SSSR count). The second-order valence-electron chi connectivity index (χ2n) is 2.69. The Balaban J connectivity index is 2.08. The molecule has 0 amide bonds. The number of hydrogen-bond acceptors (Lipinski definition) is 5. The van der Waals surface area contributed by atoms with Gasteiger partial charge in [0, 0.05) is 6.54 Å². The second-order valence-corrected chi connectivity index (χ2v) is 3.73. The monoisotopic (exact) mass is 185 g/mol. The molecule has 1 aliphatic rings. The summed E-state index contributed by atoms with van der Waals surface area (Å²) in [7, 11) is 0. The van der Waals surface area contributed by atoms with Gasteiger partial charge >= 0.3 is 0 Å². The normalized spacial score (nSPS) is 18.2. The van der Waals surface area contributed by atoms with Crippen LogP contribution in [-0.2, 0) is 4.84 Å². The third-order valence-corrected chi connectivity index (χ3v) is 2.56. The summed E-state index contributed by atoms with van der Waals surface area (Å²) in [4.78, 5) is 9.54. The summed E-state index contributed by atoms with van der Waals surface area (Å²) < 4.78 is 0. The molecular weight excluding hydrogens is 174 g/mol. The largest absolute Gasteiger partial charge is 0.389 e. The van der Waals surface area contributed by atoms with Crippen molar-refractivity contribution in [1.82, 2.24) is 4.98 Å². The van der Waals surface area contributed by atoms with Crippen LogP contribution in [0.1, 0.15) is 12.8 Å². The predicted molar refractivity (Wildman–Crippen MR) is 49.1 cm³/mol. The number of nitrogen functional groups attached to an aromatic ring is 1. The van der Waals surface area contributed by atoms with Crippen molar-refractivity contribution in [1.29, 1.82) is 0 Å². The molecule has 12 heavy (non-hydrogen) atoms. The molecule has 1 aliphatic heterocycles. The highest BCUT2D eigenvalue weighted by Gasteiger charge is 2.14. The van der Waals surface area contributed by atoms with Gasteiger partial charge in [-0.1, -0.05) is 11.3 Å². The molecular formula is C7H11N3OS. The molecule has 0 aromatic carbocycles. The van der Waals surface area contributed by atoms with Crippen molar-refractivity contribution in [2.24, 2.45) is 0 Å². The van der Waals surface area contributed by atoms with Gasteiger partial charge in [-0.05, 0) is 12.8 Å². The minimum absolute atomic E-state index is 0.735. The molecule has 1 fully saturated rings. The molecule has 2 N–H and O–H groups in total. The molecule has 1 aromatic heterocycles. The molecule has 0 aliphatic carbocycles. The Morgan fingerprint density at radius 1 is 1.58 bits per heavy atom. The summed E-state index contributed by atoms with van der Waals surface area (Å²) in [5, 5.41) is 3.43. The molecule has 1 aromatic rings. The Morgan fingerprint density at radius 2 is 2.50 bits per heavy atom. The van der Waals surface area contributed by atoms with Crippen LogP contribution in [0, 0.1) is 0 Å². The van der Waals surface area contributed by atoms with Crippen LogP contribution in [0.3, 0.4) is 0 Å². The van der Waals surface area contributed by atoms with Crippen molar-refractivity contribution in [3.8, 4) is 0 Å². The van der Waals surface area contributed by atoms with Gasteiger partial charge in [-0.3, -0.25) is 4.84 Å². The smallest absolute Gasteiger partial charge is 0.211 e. The van der Waals surface area contributed by atoms with Crippen molar-refractivity contribution in [2.75, 3.05) is 23.9 Å². The van der Waals surface area contributed by atoms with E-state index in [1.54, 1.807) is 6.20 Å². The maximum atomic E-state index is 5.56. The predicted octanol–water partition coefficient (Wildman–Crippen LogP) is 1.26. The summed E-state index contributed by atoms with van der Waals surface area (Å²) >= 11 is 1.46. The third kappa shape index (κ3) is 1.51. The van der Waals surface area contributed by atoms with Gasteiger partial charge in [-0.2, -0.15) is 0 Å². The van der Waals surface area contributed by atoms with Gasteiger partial charge < -0.3 is 5.73 Å². The van der Waals surface area contributed by atoms with E-state index in [2.05, 4.69) is 4.98 Å². The van der Waals surface area contributed by atoms with Gasteiger partial charge in [0.25, 0.3) is 0 Å². The van der Waals surface area contributed by atoms with Crippen molar-refractivity contribution in [3.63, 3.8) is 0 Å². The quantitative estimate of drug-likeness (QED) is 0.715. The Morgan fingerprint density at radius 3 is 3.08 bits per heavy atom. The van der Waals surface area contributed by atoms with Crippen molar-refractivity contribution in [3.05, 3.63) is 6.20 Å². The molecule has 0 unspecified atom stereocenters. The first-order valence-electron chi connectivity index (χ1n) is 3.98. The number of thiazole rings is 1. The van der Waals surface area contributed by atoms with Crippen LogP contribution in [0.2, 0.25) is 0 Å². The highest BCUT2D eigenvalue weighted by molar-refractivity contribution is 7.19. The van der Waals surface area contributed by atoms with Gasteiger partial charge in [0.15, 0.2) is 0 Å². The van der Waals surface area contributed by atoms with Crippen LogP contribution in [0.4, 0.5) is 10.1 Å². The van der Waals surface area contributed by atoms with E-state index in [4.69, 9.17) is 10.6 Å². The van der Waals surface area contributed by atoms with Gasteiger partial charge in [-0.15, -0.1) is 0 Å². The second kappa shape index (κ2) is 3.28. The zero-order chi connectivity index (χ0) is 8.39. The fourth-order valence-corrected chi connectivity index (χ4v) is 1.81. The lowest BCUT2D eigenvalue weighted by Crippen LogP contribution is -2.29. The van der Waals surface area contributed by atoms with E-state index in [1.807, 2.05) is 5.06 Å². The fourth-order valence-electron chi connectivity index (χ4n) is 1.14. The molecule has 66 valence electrons. The van der Waals surface area contributed by atoms with E-state index < -0.39 is 0 Å². The van der Waals surface area contributed by atoms with Crippen LogP contribution >= 0.6 is 11.3 Å². The highest BCUT2D eigenvalue weighted by atomic mass is 32.1. The van der Waals surface area contributed by atoms with E-state index >= 15 is 0 Å². The van der Waals surface area contributed by atoms with Crippen LogP contribution in [0.15, 0.2) is 6.20 Å².